The van der Waals surface area contributed by atoms with Gasteiger partial charge in [0.2, 0.25) is 0 Å². The van der Waals surface area contributed by atoms with Gasteiger partial charge in [-0.25, -0.2) is 8.42 Å². The lowest BCUT2D eigenvalue weighted by atomic mass is 10.3. The van der Waals surface area contributed by atoms with E-state index < -0.39 is 10.0 Å². The van der Waals surface area contributed by atoms with E-state index in [1.54, 1.807) is 29.6 Å². The average molecular weight is 312 g/mol. The summed E-state index contributed by atoms with van der Waals surface area (Å²) < 4.78 is 27.6. The molecule has 0 saturated heterocycles. The Hall–Kier alpha value is -1.64. The molecule has 5 nitrogen and oxygen atoms in total. The van der Waals surface area contributed by atoms with E-state index in [2.05, 4.69) is 9.71 Å². The Balaban J connectivity index is 1.99. The Morgan fingerprint density at radius 1 is 1.21 bits per heavy atom. The first-order valence-electron chi connectivity index (χ1n) is 5.24. The molecule has 1 aromatic carbocycles. The third-order valence-corrected chi connectivity index (χ3v) is 6.07. The molecule has 0 aliphatic carbocycles. The predicted molar refractivity (Wildman–Crippen MR) is 77.6 cm³/mol. The van der Waals surface area contributed by atoms with Crippen LogP contribution < -0.4 is 9.60 Å². The van der Waals surface area contributed by atoms with E-state index in [4.69, 9.17) is 0 Å². The van der Waals surface area contributed by atoms with E-state index in [1.165, 1.54) is 6.07 Å². The SMILES string of the molecule is O=c1[nH]c2cc(NS(=O)(=O)c3cccs3)ccc2s1. The van der Waals surface area contributed by atoms with Crippen LogP contribution in [0.2, 0.25) is 0 Å². The Labute approximate surface area is 116 Å². The Bertz CT molecular complexity index is 875. The van der Waals surface area contributed by atoms with Crippen LogP contribution in [0.15, 0.2) is 44.7 Å². The van der Waals surface area contributed by atoms with Gasteiger partial charge in [0.25, 0.3) is 10.0 Å². The van der Waals surface area contributed by atoms with Gasteiger partial charge in [-0.2, -0.15) is 0 Å². The van der Waals surface area contributed by atoms with Gasteiger partial charge in [0.15, 0.2) is 0 Å². The topological polar surface area (TPSA) is 79.0 Å². The largest absolute Gasteiger partial charge is 0.312 e. The number of hydrogen-bond donors (Lipinski definition) is 2. The maximum atomic E-state index is 12.0. The number of thiophene rings is 1. The lowest BCUT2D eigenvalue weighted by molar-refractivity contribution is 0.603. The van der Waals surface area contributed by atoms with Crippen molar-refractivity contribution in [2.75, 3.05) is 4.72 Å². The van der Waals surface area contributed by atoms with E-state index in [-0.39, 0.29) is 9.08 Å². The molecule has 0 atom stereocenters. The van der Waals surface area contributed by atoms with Crippen molar-refractivity contribution < 1.29 is 8.42 Å². The highest BCUT2D eigenvalue weighted by atomic mass is 32.2. The van der Waals surface area contributed by atoms with Crippen LogP contribution in [-0.4, -0.2) is 13.4 Å². The molecule has 98 valence electrons. The lowest BCUT2D eigenvalue weighted by Gasteiger charge is -2.05. The molecule has 2 aromatic heterocycles. The second-order valence-corrected chi connectivity index (χ2v) is 7.63. The van der Waals surface area contributed by atoms with Crippen LogP contribution in [0.1, 0.15) is 0 Å². The zero-order valence-electron chi connectivity index (χ0n) is 9.41. The molecule has 0 radical (unpaired) electrons. The van der Waals surface area contributed by atoms with Crippen LogP contribution in [0, 0.1) is 0 Å². The highest BCUT2D eigenvalue weighted by molar-refractivity contribution is 7.94. The maximum absolute atomic E-state index is 12.0. The molecule has 19 heavy (non-hydrogen) atoms. The first-order valence-corrected chi connectivity index (χ1v) is 8.42. The number of aromatic amines is 1. The molecule has 8 heteroatoms. The van der Waals surface area contributed by atoms with Gasteiger partial charge in [0, 0.05) is 0 Å². The highest BCUT2D eigenvalue weighted by Gasteiger charge is 2.15. The molecule has 2 heterocycles. The Kier molecular flexibility index (Phi) is 2.92. The normalized spacial score (nSPS) is 11.8. The van der Waals surface area contributed by atoms with Crippen LogP contribution in [0.25, 0.3) is 10.2 Å². The molecule has 0 bridgehead atoms. The molecule has 0 saturated carbocycles. The van der Waals surface area contributed by atoms with Crippen LogP contribution >= 0.6 is 22.7 Å². The first-order chi connectivity index (χ1) is 9.04. The van der Waals surface area contributed by atoms with Crippen LogP contribution in [0.4, 0.5) is 5.69 Å². The number of fused-ring (bicyclic) bond motifs is 1. The second kappa shape index (κ2) is 4.48. The zero-order chi connectivity index (χ0) is 13.5. The van der Waals surface area contributed by atoms with Gasteiger partial charge in [0.1, 0.15) is 4.21 Å². The molecule has 0 amide bonds. The van der Waals surface area contributed by atoms with Crippen molar-refractivity contribution in [3.63, 3.8) is 0 Å². The number of rotatable bonds is 3. The number of H-pyrrole nitrogens is 1. The minimum atomic E-state index is -3.55. The quantitative estimate of drug-likeness (QED) is 0.779. The van der Waals surface area contributed by atoms with Crippen molar-refractivity contribution in [2.24, 2.45) is 0 Å². The molecule has 0 fully saturated rings. The molecular weight excluding hydrogens is 304 g/mol. The molecule has 0 aliphatic heterocycles. The summed E-state index contributed by atoms with van der Waals surface area (Å²) in [5.74, 6) is 0. The minimum Gasteiger partial charge on any atom is -0.312 e. The van der Waals surface area contributed by atoms with Crippen molar-refractivity contribution in [2.45, 2.75) is 4.21 Å². The van der Waals surface area contributed by atoms with E-state index in [1.807, 2.05) is 0 Å². The van der Waals surface area contributed by atoms with Gasteiger partial charge in [-0.1, -0.05) is 17.4 Å². The summed E-state index contributed by atoms with van der Waals surface area (Å²) in [7, 11) is -3.55. The van der Waals surface area contributed by atoms with Gasteiger partial charge in [0.05, 0.1) is 15.9 Å². The van der Waals surface area contributed by atoms with Crippen LogP contribution in [0.5, 0.6) is 0 Å². The molecule has 0 unspecified atom stereocenters. The molecule has 3 rings (SSSR count). The minimum absolute atomic E-state index is 0.159. The number of hydrogen-bond acceptors (Lipinski definition) is 5. The van der Waals surface area contributed by atoms with Crippen molar-refractivity contribution in [3.05, 3.63) is 45.4 Å². The average Bonchev–Trinajstić information content (AvgIpc) is 2.95. The van der Waals surface area contributed by atoms with Gasteiger partial charge in [-0.15, -0.1) is 11.3 Å². The summed E-state index contributed by atoms with van der Waals surface area (Å²) in [5.41, 5.74) is 1.05. The van der Waals surface area contributed by atoms with E-state index in [0.29, 0.717) is 11.2 Å². The summed E-state index contributed by atoms with van der Waals surface area (Å²) in [6.45, 7) is 0. The van der Waals surface area contributed by atoms with E-state index in [9.17, 15) is 13.2 Å². The van der Waals surface area contributed by atoms with Crippen molar-refractivity contribution in [1.82, 2.24) is 4.98 Å². The number of nitrogens with one attached hydrogen (secondary N) is 2. The molecular formula is C11H8N2O3S3. The van der Waals surface area contributed by atoms with Gasteiger partial charge in [-0.3, -0.25) is 9.52 Å². The number of aromatic nitrogens is 1. The maximum Gasteiger partial charge on any atom is 0.305 e. The van der Waals surface area contributed by atoms with Gasteiger partial charge < -0.3 is 4.98 Å². The monoisotopic (exact) mass is 312 g/mol. The Morgan fingerprint density at radius 3 is 2.79 bits per heavy atom. The van der Waals surface area contributed by atoms with Crippen LogP contribution in [0.3, 0.4) is 0 Å². The van der Waals surface area contributed by atoms with E-state index >= 15 is 0 Å². The number of benzene rings is 1. The molecule has 0 spiro atoms. The van der Waals surface area contributed by atoms with Crippen molar-refractivity contribution >= 4 is 48.6 Å². The van der Waals surface area contributed by atoms with Crippen molar-refractivity contribution in [3.8, 4) is 0 Å². The van der Waals surface area contributed by atoms with Gasteiger partial charge in [-0.05, 0) is 29.6 Å². The fourth-order valence-corrected chi connectivity index (χ4v) is 4.40. The standard InChI is InChI=1S/C11H8N2O3S3/c14-11-12-8-6-7(3-4-9(8)18-11)13-19(15,16)10-2-1-5-17-10/h1-6,13H,(H,12,14). The molecule has 0 aliphatic rings. The smallest absolute Gasteiger partial charge is 0.305 e. The summed E-state index contributed by atoms with van der Waals surface area (Å²) in [6, 6.07) is 8.18. The first kappa shape index (κ1) is 12.4. The predicted octanol–water partition coefficient (Wildman–Crippen LogP) is 2.45. The second-order valence-electron chi connectivity index (χ2n) is 3.76. The fourth-order valence-electron chi connectivity index (χ4n) is 1.64. The Morgan fingerprint density at radius 2 is 2.05 bits per heavy atom. The van der Waals surface area contributed by atoms with E-state index in [0.717, 1.165) is 27.4 Å². The lowest BCUT2D eigenvalue weighted by Crippen LogP contribution is -2.11. The van der Waals surface area contributed by atoms with Crippen LogP contribution in [-0.2, 0) is 10.0 Å². The highest BCUT2D eigenvalue weighted by Crippen LogP contribution is 2.23. The van der Waals surface area contributed by atoms with Crippen molar-refractivity contribution in [1.29, 1.82) is 0 Å². The summed E-state index contributed by atoms with van der Waals surface area (Å²) in [5, 5.41) is 1.70. The number of anilines is 1. The fraction of sp³-hybridized carbons (Fsp3) is 0. The summed E-state index contributed by atoms with van der Waals surface area (Å²) >= 11 is 2.24. The van der Waals surface area contributed by atoms with Gasteiger partial charge >= 0.3 is 4.87 Å². The number of sulfonamides is 1. The third kappa shape index (κ3) is 2.42. The summed E-state index contributed by atoms with van der Waals surface area (Å²) in [6.07, 6.45) is 0. The zero-order valence-corrected chi connectivity index (χ0v) is 11.9. The molecule has 2 N–H and O–H groups in total. The summed E-state index contributed by atoms with van der Waals surface area (Å²) in [4.78, 5) is 13.7. The molecule has 3 aromatic rings. The number of thiazole rings is 1. The third-order valence-electron chi connectivity index (χ3n) is 2.43.